The summed E-state index contributed by atoms with van der Waals surface area (Å²) in [5.41, 5.74) is 7.60. The van der Waals surface area contributed by atoms with Crippen LogP contribution in [0.2, 0.25) is 0 Å². The van der Waals surface area contributed by atoms with Gasteiger partial charge in [-0.3, -0.25) is 4.79 Å². The van der Waals surface area contributed by atoms with Gasteiger partial charge in [-0.2, -0.15) is 0 Å². The van der Waals surface area contributed by atoms with Gasteiger partial charge >= 0.3 is 0 Å². The molecule has 1 aromatic carbocycles. The van der Waals surface area contributed by atoms with Crippen molar-refractivity contribution in [3.8, 4) is 0 Å². The van der Waals surface area contributed by atoms with Crippen LogP contribution in [0.3, 0.4) is 0 Å². The van der Waals surface area contributed by atoms with E-state index >= 15 is 0 Å². The Morgan fingerprint density at radius 2 is 2.18 bits per heavy atom. The topological polar surface area (TPSA) is 75.4 Å². The largest absolute Gasteiger partial charge is 0.382 e. The summed E-state index contributed by atoms with van der Waals surface area (Å²) in [6.45, 7) is 0.866. The lowest BCUT2D eigenvalue weighted by molar-refractivity contribution is -0.125. The summed E-state index contributed by atoms with van der Waals surface area (Å²) in [5.74, 6) is 0.0158. The molecule has 0 aliphatic heterocycles. The van der Waals surface area contributed by atoms with Crippen LogP contribution < -0.4 is 11.1 Å². The zero-order valence-electron chi connectivity index (χ0n) is 9.73. The summed E-state index contributed by atoms with van der Waals surface area (Å²) in [6.07, 6.45) is 1.42. The molecule has 2 rings (SSSR count). The molecule has 1 amide bonds. The highest BCUT2D eigenvalue weighted by molar-refractivity contribution is 5.78. The Balaban J connectivity index is 1.88. The van der Waals surface area contributed by atoms with E-state index in [0.29, 0.717) is 12.5 Å². The molecule has 1 aromatic rings. The summed E-state index contributed by atoms with van der Waals surface area (Å²) in [6, 6.07) is 8.29. The van der Waals surface area contributed by atoms with Crippen LogP contribution in [0.4, 0.5) is 0 Å². The van der Waals surface area contributed by atoms with Gasteiger partial charge in [0.05, 0.1) is 0 Å². The highest BCUT2D eigenvalue weighted by Gasteiger charge is 2.25. The third-order valence-corrected chi connectivity index (χ3v) is 3.05. The van der Waals surface area contributed by atoms with Crippen LogP contribution in [-0.4, -0.2) is 23.7 Å². The minimum atomic E-state index is -1.11. The lowest BCUT2D eigenvalue weighted by atomic mass is 10.0. The third-order valence-electron chi connectivity index (χ3n) is 3.05. The standard InChI is InChI=1S/C13H18N2O2/c14-13(17)12(16)8-15-7-10-3-1-2-4-11(10)9-5-6-9/h1-4,9,12,15-16H,5-8H2,(H2,14,17). The number of carbonyl (C=O) groups excluding carboxylic acids is 1. The molecule has 1 aliphatic carbocycles. The third kappa shape index (κ3) is 3.28. The van der Waals surface area contributed by atoms with E-state index in [1.165, 1.54) is 24.0 Å². The second-order valence-electron chi connectivity index (χ2n) is 4.52. The molecular weight excluding hydrogens is 216 g/mol. The number of benzene rings is 1. The number of rotatable bonds is 6. The molecule has 1 fully saturated rings. The predicted molar refractivity (Wildman–Crippen MR) is 65.3 cm³/mol. The van der Waals surface area contributed by atoms with Crippen molar-refractivity contribution in [2.24, 2.45) is 5.73 Å². The number of amides is 1. The van der Waals surface area contributed by atoms with Crippen LogP contribution in [0.25, 0.3) is 0 Å². The van der Waals surface area contributed by atoms with Gasteiger partial charge in [0.2, 0.25) is 5.91 Å². The van der Waals surface area contributed by atoms with Crippen molar-refractivity contribution in [3.63, 3.8) is 0 Å². The Labute approximate surface area is 101 Å². The van der Waals surface area contributed by atoms with E-state index in [9.17, 15) is 9.90 Å². The number of hydrogen-bond acceptors (Lipinski definition) is 3. The van der Waals surface area contributed by atoms with Crippen LogP contribution in [0.1, 0.15) is 29.9 Å². The van der Waals surface area contributed by atoms with Crippen molar-refractivity contribution >= 4 is 5.91 Å². The van der Waals surface area contributed by atoms with Crippen LogP contribution in [0.15, 0.2) is 24.3 Å². The number of nitrogens with one attached hydrogen (secondary N) is 1. The number of aliphatic hydroxyl groups excluding tert-OH is 1. The number of carbonyl (C=O) groups is 1. The van der Waals surface area contributed by atoms with E-state index in [1.54, 1.807) is 0 Å². The fraction of sp³-hybridized carbons (Fsp3) is 0.462. The van der Waals surface area contributed by atoms with Gasteiger partial charge in [-0.1, -0.05) is 24.3 Å². The van der Waals surface area contributed by atoms with Gasteiger partial charge < -0.3 is 16.2 Å². The number of hydrogen-bond donors (Lipinski definition) is 3. The minimum absolute atomic E-state index is 0.203. The summed E-state index contributed by atoms with van der Waals surface area (Å²) >= 11 is 0. The van der Waals surface area contributed by atoms with Gasteiger partial charge in [-0.25, -0.2) is 0 Å². The van der Waals surface area contributed by atoms with Crippen molar-refractivity contribution in [1.82, 2.24) is 5.32 Å². The molecule has 0 aromatic heterocycles. The van der Waals surface area contributed by atoms with Crippen LogP contribution in [-0.2, 0) is 11.3 Å². The maximum Gasteiger partial charge on any atom is 0.247 e. The van der Waals surface area contributed by atoms with Gasteiger partial charge in [0, 0.05) is 13.1 Å². The molecular formula is C13H18N2O2. The van der Waals surface area contributed by atoms with Gasteiger partial charge in [0.15, 0.2) is 0 Å². The Morgan fingerprint density at radius 1 is 1.47 bits per heavy atom. The van der Waals surface area contributed by atoms with E-state index < -0.39 is 12.0 Å². The van der Waals surface area contributed by atoms with Gasteiger partial charge in [0.1, 0.15) is 6.10 Å². The zero-order chi connectivity index (χ0) is 12.3. The molecule has 4 heteroatoms. The molecule has 1 unspecified atom stereocenters. The van der Waals surface area contributed by atoms with Crippen molar-refractivity contribution in [3.05, 3.63) is 35.4 Å². The van der Waals surface area contributed by atoms with Gasteiger partial charge in [0.25, 0.3) is 0 Å². The van der Waals surface area contributed by atoms with E-state index in [0.717, 1.165) is 0 Å². The first kappa shape index (κ1) is 12.1. The van der Waals surface area contributed by atoms with Gasteiger partial charge in [-0.05, 0) is 29.9 Å². The number of primary amides is 1. The first-order valence-electron chi connectivity index (χ1n) is 5.94. The number of nitrogens with two attached hydrogens (primary N) is 1. The van der Waals surface area contributed by atoms with E-state index in [-0.39, 0.29) is 6.54 Å². The monoisotopic (exact) mass is 234 g/mol. The highest BCUT2D eigenvalue weighted by Crippen LogP contribution is 2.41. The van der Waals surface area contributed by atoms with Crippen molar-refractivity contribution in [1.29, 1.82) is 0 Å². The van der Waals surface area contributed by atoms with Crippen molar-refractivity contribution in [2.75, 3.05) is 6.54 Å². The second-order valence-corrected chi connectivity index (χ2v) is 4.52. The quantitative estimate of drug-likeness (QED) is 0.671. The van der Waals surface area contributed by atoms with Crippen molar-refractivity contribution in [2.45, 2.75) is 31.4 Å². The molecule has 92 valence electrons. The second kappa shape index (κ2) is 5.29. The van der Waals surface area contributed by atoms with Crippen molar-refractivity contribution < 1.29 is 9.90 Å². The van der Waals surface area contributed by atoms with E-state index in [2.05, 4.69) is 23.5 Å². The molecule has 1 aliphatic rings. The average Bonchev–Trinajstić information content (AvgIpc) is 3.13. The maximum absolute atomic E-state index is 10.7. The fourth-order valence-electron chi connectivity index (χ4n) is 1.93. The number of aliphatic hydroxyl groups is 1. The molecule has 0 bridgehead atoms. The first-order chi connectivity index (χ1) is 8.18. The average molecular weight is 234 g/mol. The predicted octanol–water partition coefficient (Wildman–Crippen LogP) is 0.500. The van der Waals surface area contributed by atoms with Crippen LogP contribution >= 0.6 is 0 Å². The molecule has 0 spiro atoms. The van der Waals surface area contributed by atoms with Gasteiger partial charge in [-0.15, -0.1) is 0 Å². The van der Waals surface area contributed by atoms with E-state index in [1.807, 2.05) is 6.07 Å². The molecule has 4 N–H and O–H groups in total. The SMILES string of the molecule is NC(=O)C(O)CNCc1ccccc1C1CC1. The Bertz CT molecular complexity index is 402. The first-order valence-corrected chi connectivity index (χ1v) is 5.94. The summed E-state index contributed by atoms with van der Waals surface area (Å²) in [7, 11) is 0. The Kier molecular flexibility index (Phi) is 3.76. The minimum Gasteiger partial charge on any atom is -0.382 e. The fourth-order valence-corrected chi connectivity index (χ4v) is 1.93. The molecule has 0 heterocycles. The summed E-state index contributed by atoms with van der Waals surface area (Å²) in [5, 5.41) is 12.3. The van der Waals surface area contributed by atoms with E-state index in [4.69, 9.17) is 5.73 Å². The molecule has 4 nitrogen and oxygen atoms in total. The lowest BCUT2D eigenvalue weighted by Gasteiger charge is -2.11. The molecule has 1 atom stereocenters. The smallest absolute Gasteiger partial charge is 0.247 e. The summed E-state index contributed by atoms with van der Waals surface area (Å²) in [4.78, 5) is 10.7. The molecule has 0 saturated heterocycles. The molecule has 17 heavy (non-hydrogen) atoms. The zero-order valence-corrected chi connectivity index (χ0v) is 9.73. The van der Waals surface area contributed by atoms with Crippen LogP contribution in [0.5, 0.6) is 0 Å². The molecule has 0 radical (unpaired) electrons. The highest BCUT2D eigenvalue weighted by atomic mass is 16.3. The lowest BCUT2D eigenvalue weighted by Crippen LogP contribution is -2.37. The molecule has 1 saturated carbocycles. The summed E-state index contributed by atoms with van der Waals surface area (Å²) < 4.78 is 0. The van der Waals surface area contributed by atoms with Crippen LogP contribution in [0, 0.1) is 0 Å². The Hall–Kier alpha value is -1.39. The Morgan fingerprint density at radius 3 is 2.82 bits per heavy atom. The maximum atomic E-state index is 10.7. The normalized spacial score (nSPS) is 16.8.